The molecule has 3 rings (SSSR count). The maximum Gasteiger partial charge on any atom is 0.171 e. The first-order valence-electron chi connectivity index (χ1n) is 14.8. The smallest absolute Gasteiger partial charge is 0.171 e. The van der Waals surface area contributed by atoms with Gasteiger partial charge in [0.25, 0.3) is 0 Å². The lowest BCUT2D eigenvalue weighted by molar-refractivity contribution is -0.160. The molecule has 0 bridgehead atoms. The molecule has 2 nitrogen and oxygen atoms in total. The van der Waals surface area contributed by atoms with Gasteiger partial charge >= 0.3 is 0 Å². The van der Waals surface area contributed by atoms with E-state index in [-0.39, 0.29) is 16.2 Å². The van der Waals surface area contributed by atoms with Crippen molar-refractivity contribution in [3.8, 4) is 0 Å². The van der Waals surface area contributed by atoms with Crippen LogP contribution in [0.15, 0.2) is 23.3 Å². The predicted octanol–water partition coefficient (Wildman–Crippen LogP) is 8.56. The van der Waals surface area contributed by atoms with Gasteiger partial charge in [0.1, 0.15) is 0 Å². The van der Waals surface area contributed by atoms with Gasteiger partial charge in [-0.2, -0.15) is 0 Å². The Bertz CT molecular complexity index is 781. The summed E-state index contributed by atoms with van der Waals surface area (Å²) < 4.78 is 6.86. The summed E-state index contributed by atoms with van der Waals surface area (Å²) in [5.41, 5.74) is 4.08. The molecular formula is C32H58O2Si. The molecule has 0 aromatic carbocycles. The highest BCUT2D eigenvalue weighted by Gasteiger charge is 2.61. The van der Waals surface area contributed by atoms with E-state index < -0.39 is 9.04 Å². The first-order chi connectivity index (χ1) is 16.1. The van der Waals surface area contributed by atoms with E-state index in [0.29, 0.717) is 41.8 Å². The van der Waals surface area contributed by atoms with E-state index in [4.69, 9.17) is 4.43 Å². The minimum atomic E-state index is -1.14. The lowest BCUT2D eigenvalue weighted by Crippen LogP contribution is -2.61. The van der Waals surface area contributed by atoms with Crippen LogP contribution in [0.25, 0.3) is 0 Å². The second-order valence-corrected chi connectivity index (χ2v) is 17.4. The Morgan fingerprint density at radius 1 is 1.00 bits per heavy atom. The molecule has 0 amide bonds. The van der Waals surface area contributed by atoms with E-state index >= 15 is 0 Å². The van der Waals surface area contributed by atoms with Crippen LogP contribution in [-0.2, 0) is 4.43 Å². The Balaban J connectivity index is 1.99. The second-order valence-electron chi connectivity index (χ2n) is 15.0. The molecule has 202 valence electrons. The van der Waals surface area contributed by atoms with Crippen LogP contribution in [-0.4, -0.2) is 26.9 Å². The molecule has 0 aliphatic heterocycles. The topological polar surface area (TPSA) is 29.5 Å². The third kappa shape index (κ3) is 5.04. The zero-order valence-electron chi connectivity index (χ0n) is 25.1. The number of aliphatic hydroxyl groups is 1. The van der Waals surface area contributed by atoms with Gasteiger partial charge in [0.15, 0.2) is 9.04 Å². The summed E-state index contributed by atoms with van der Waals surface area (Å²) in [4.78, 5) is 0. The van der Waals surface area contributed by atoms with E-state index in [9.17, 15) is 5.11 Å². The van der Waals surface area contributed by atoms with Gasteiger partial charge in [-0.1, -0.05) is 85.6 Å². The first-order valence-corrected chi connectivity index (χ1v) is 17.5. The monoisotopic (exact) mass is 502 g/mol. The van der Waals surface area contributed by atoms with Gasteiger partial charge in [0.05, 0.1) is 6.10 Å². The van der Waals surface area contributed by atoms with Crippen molar-refractivity contribution in [3.05, 3.63) is 23.3 Å². The summed E-state index contributed by atoms with van der Waals surface area (Å²) in [6, 6.07) is 0. The number of rotatable bonds is 5. The molecule has 3 heteroatoms. The SMILES string of the molecule is CC(CO)[C@H]1CC[C@H]2/C(=C/C=C3/CCC(O[SiH](C)C)C(C(C)(C)C)(C(C)(C)C)[C@H]3C)CCC[C@]12C. The molecule has 0 saturated heterocycles. The van der Waals surface area contributed by atoms with Gasteiger partial charge < -0.3 is 9.53 Å². The van der Waals surface area contributed by atoms with Gasteiger partial charge in [0.2, 0.25) is 0 Å². The highest BCUT2D eigenvalue weighted by atomic mass is 28.3. The lowest BCUT2D eigenvalue weighted by Gasteiger charge is -2.63. The van der Waals surface area contributed by atoms with Crippen molar-refractivity contribution in [2.24, 2.45) is 45.3 Å². The Morgan fingerprint density at radius 2 is 1.60 bits per heavy atom. The summed E-state index contributed by atoms with van der Waals surface area (Å²) in [7, 11) is -1.14. The summed E-state index contributed by atoms with van der Waals surface area (Å²) in [6.45, 7) is 27.1. The normalized spacial score (nSPS) is 37.2. The van der Waals surface area contributed by atoms with Crippen LogP contribution in [0.1, 0.15) is 107 Å². The average molecular weight is 503 g/mol. The van der Waals surface area contributed by atoms with Crippen LogP contribution in [0.3, 0.4) is 0 Å². The molecule has 3 saturated carbocycles. The molecule has 0 heterocycles. The Kier molecular flexibility index (Phi) is 8.68. The molecule has 0 aromatic heterocycles. The first kappa shape index (κ1) is 29.2. The van der Waals surface area contributed by atoms with E-state index in [1.54, 1.807) is 11.1 Å². The van der Waals surface area contributed by atoms with Crippen LogP contribution >= 0.6 is 0 Å². The van der Waals surface area contributed by atoms with Gasteiger partial charge in [-0.15, -0.1) is 0 Å². The number of fused-ring (bicyclic) bond motifs is 1. The molecule has 0 spiro atoms. The van der Waals surface area contributed by atoms with Gasteiger partial charge in [-0.05, 0) is 98.0 Å². The van der Waals surface area contributed by atoms with E-state index in [2.05, 4.69) is 87.6 Å². The molecule has 0 radical (unpaired) electrons. The van der Waals surface area contributed by atoms with Crippen molar-refractivity contribution in [2.45, 2.75) is 126 Å². The van der Waals surface area contributed by atoms with Crippen molar-refractivity contribution >= 4 is 9.04 Å². The lowest BCUT2D eigenvalue weighted by atomic mass is 9.43. The second kappa shape index (κ2) is 10.4. The van der Waals surface area contributed by atoms with Crippen molar-refractivity contribution in [1.29, 1.82) is 0 Å². The van der Waals surface area contributed by atoms with Crippen LogP contribution in [0, 0.1) is 45.3 Å². The van der Waals surface area contributed by atoms with Gasteiger partial charge in [-0.3, -0.25) is 0 Å². The van der Waals surface area contributed by atoms with Crippen molar-refractivity contribution < 1.29 is 9.53 Å². The van der Waals surface area contributed by atoms with E-state index in [1.807, 2.05) is 0 Å². The summed E-state index contributed by atoms with van der Waals surface area (Å²) in [6.07, 6.45) is 14.2. The summed E-state index contributed by atoms with van der Waals surface area (Å²) in [5.74, 6) is 2.27. The Hall–Kier alpha value is -0.383. The van der Waals surface area contributed by atoms with Crippen LogP contribution in [0.5, 0.6) is 0 Å². The fraction of sp³-hybridized carbons (Fsp3) is 0.875. The van der Waals surface area contributed by atoms with E-state index in [0.717, 1.165) is 12.8 Å². The molecule has 3 fully saturated rings. The van der Waals surface area contributed by atoms with Crippen LogP contribution < -0.4 is 0 Å². The van der Waals surface area contributed by atoms with Crippen molar-refractivity contribution in [1.82, 2.24) is 0 Å². The molecule has 3 aliphatic rings. The summed E-state index contributed by atoms with van der Waals surface area (Å²) in [5, 5.41) is 9.89. The van der Waals surface area contributed by atoms with Crippen LogP contribution in [0.4, 0.5) is 0 Å². The largest absolute Gasteiger partial charge is 0.417 e. The maximum absolute atomic E-state index is 9.89. The maximum atomic E-state index is 9.89. The van der Waals surface area contributed by atoms with Gasteiger partial charge in [-0.25, -0.2) is 0 Å². The van der Waals surface area contributed by atoms with Crippen molar-refractivity contribution in [3.63, 3.8) is 0 Å². The number of allylic oxidation sites excluding steroid dienone is 4. The third-order valence-corrected chi connectivity index (χ3v) is 11.8. The minimum Gasteiger partial charge on any atom is -0.417 e. The summed E-state index contributed by atoms with van der Waals surface area (Å²) >= 11 is 0. The van der Waals surface area contributed by atoms with E-state index in [1.165, 1.54) is 32.1 Å². The molecule has 1 N–H and O–H groups in total. The number of hydrogen-bond donors (Lipinski definition) is 1. The quantitative estimate of drug-likeness (QED) is 0.381. The number of aliphatic hydroxyl groups excluding tert-OH is 1. The molecule has 0 aromatic rings. The average Bonchev–Trinajstić information content (AvgIpc) is 3.08. The minimum absolute atomic E-state index is 0.0932. The molecule has 2 unspecified atom stereocenters. The Labute approximate surface area is 220 Å². The number of hydrogen-bond acceptors (Lipinski definition) is 2. The molecule has 6 atom stereocenters. The fourth-order valence-corrected chi connectivity index (χ4v) is 11.0. The highest BCUT2D eigenvalue weighted by molar-refractivity contribution is 6.48. The zero-order chi connectivity index (χ0) is 26.4. The Morgan fingerprint density at radius 3 is 2.14 bits per heavy atom. The van der Waals surface area contributed by atoms with Crippen LogP contribution in [0.2, 0.25) is 13.1 Å². The molecule has 35 heavy (non-hydrogen) atoms. The predicted molar refractivity (Wildman–Crippen MR) is 154 cm³/mol. The standard InChI is InChI=1S/C32H58O2Si/c1-22(21-33)26-17-18-27-25(13-12-20-31(26,27)9)15-14-24-16-19-28(34-35(10)11)32(23(24)2,29(3,4)5)30(6,7)8/h14-15,22-23,26-28,33,35H,12-13,16-21H2,1-11H3/b24-14-,25-15+/t22?,23-,26+,27-,28?,31+/m0/s1. The molecule has 3 aliphatic carbocycles. The highest BCUT2D eigenvalue weighted by Crippen LogP contribution is 2.64. The zero-order valence-corrected chi connectivity index (χ0v) is 26.3. The molecular weight excluding hydrogens is 444 g/mol. The fourth-order valence-electron chi connectivity index (χ4n) is 9.99. The third-order valence-electron chi connectivity index (χ3n) is 10.9. The van der Waals surface area contributed by atoms with Crippen molar-refractivity contribution in [2.75, 3.05) is 6.61 Å². The van der Waals surface area contributed by atoms with Gasteiger partial charge in [0, 0.05) is 12.0 Å².